The van der Waals surface area contributed by atoms with E-state index in [0.717, 1.165) is 16.5 Å². The van der Waals surface area contributed by atoms with E-state index in [2.05, 4.69) is 20.6 Å². The molecule has 34 heavy (non-hydrogen) atoms. The number of halogens is 1. The molecule has 1 heterocycles. The maximum absolute atomic E-state index is 12.7. The van der Waals surface area contributed by atoms with E-state index >= 15 is 0 Å². The first-order valence-corrected chi connectivity index (χ1v) is 12.2. The number of nitrogens with one attached hydrogen (secondary N) is 4. The molecule has 4 N–H and O–H groups in total. The molecule has 0 unspecified atom stereocenters. The molecule has 0 aliphatic heterocycles. The maximum atomic E-state index is 12.7. The molecule has 0 saturated carbocycles. The van der Waals surface area contributed by atoms with E-state index in [0.29, 0.717) is 6.42 Å². The molecule has 4 aromatic rings. The second-order valence-electron chi connectivity index (χ2n) is 7.47. The summed E-state index contributed by atoms with van der Waals surface area (Å²) in [5.41, 5.74) is 6.97. The van der Waals surface area contributed by atoms with Crippen molar-refractivity contribution in [2.24, 2.45) is 0 Å². The zero-order chi connectivity index (χ0) is 24.1. The van der Waals surface area contributed by atoms with Crippen LogP contribution in [0.3, 0.4) is 0 Å². The van der Waals surface area contributed by atoms with E-state index in [9.17, 15) is 18.0 Å². The number of hydrogen-bond donors (Lipinski definition) is 4. The normalized spacial score (nSPS) is 11.2. The number of benzene rings is 3. The van der Waals surface area contributed by atoms with Gasteiger partial charge in [0.05, 0.1) is 15.6 Å². The van der Waals surface area contributed by atoms with E-state index in [1.54, 1.807) is 18.2 Å². The van der Waals surface area contributed by atoms with Gasteiger partial charge in [0.1, 0.15) is 0 Å². The van der Waals surface area contributed by atoms with Crippen molar-refractivity contribution >= 4 is 50.0 Å². The van der Waals surface area contributed by atoms with Crippen LogP contribution in [-0.4, -0.2) is 25.2 Å². The Morgan fingerprint density at radius 2 is 1.68 bits per heavy atom. The van der Waals surface area contributed by atoms with Crippen LogP contribution in [0.5, 0.6) is 0 Å². The van der Waals surface area contributed by atoms with Crippen LogP contribution in [-0.2, 0) is 21.2 Å². The SMILES string of the molecule is O=C(CCc1c[nH]c2ccccc12)NNC(=O)c1cccc(S(=O)(=O)Nc2ccccc2Cl)c1. The predicted octanol–water partition coefficient (Wildman–Crippen LogP) is 4.02. The zero-order valence-electron chi connectivity index (χ0n) is 17.8. The van der Waals surface area contributed by atoms with Crippen molar-refractivity contribution in [3.63, 3.8) is 0 Å². The topological polar surface area (TPSA) is 120 Å². The molecule has 10 heteroatoms. The fraction of sp³-hybridized carbons (Fsp3) is 0.0833. The summed E-state index contributed by atoms with van der Waals surface area (Å²) in [5, 5.41) is 1.29. The Kier molecular flexibility index (Phi) is 6.85. The summed E-state index contributed by atoms with van der Waals surface area (Å²) in [4.78, 5) is 27.7. The number of carbonyl (C=O) groups is 2. The third-order valence-corrected chi connectivity index (χ3v) is 6.83. The molecule has 0 bridgehead atoms. The van der Waals surface area contributed by atoms with Gasteiger partial charge in [-0.05, 0) is 48.4 Å². The lowest BCUT2D eigenvalue weighted by molar-refractivity contribution is -0.121. The first-order valence-electron chi connectivity index (χ1n) is 10.3. The first-order chi connectivity index (χ1) is 16.3. The van der Waals surface area contributed by atoms with Crippen LogP contribution in [0, 0.1) is 0 Å². The summed E-state index contributed by atoms with van der Waals surface area (Å²) < 4.78 is 27.8. The molecule has 4 rings (SSSR count). The summed E-state index contributed by atoms with van der Waals surface area (Å²) in [7, 11) is -3.98. The van der Waals surface area contributed by atoms with Crippen LogP contribution in [0.4, 0.5) is 5.69 Å². The summed E-state index contributed by atoms with van der Waals surface area (Å²) >= 11 is 6.02. The molecule has 0 radical (unpaired) electrons. The minimum absolute atomic E-state index is 0.0685. The van der Waals surface area contributed by atoms with Gasteiger partial charge in [0.25, 0.3) is 15.9 Å². The van der Waals surface area contributed by atoms with Crippen LogP contribution in [0.15, 0.2) is 83.9 Å². The van der Waals surface area contributed by atoms with Gasteiger partial charge >= 0.3 is 0 Å². The third kappa shape index (κ3) is 5.38. The van der Waals surface area contributed by atoms with Crippen molar-refractivity contribution in [2.45, 2.75) is 17.7 Å². The Morgan fingerprint density at radius 1 is 0.912 bits per heavy atom. The Labute approximate surface area is 201 Å². The maximum Gasteiger partial charge on any atom is 0.269 e. The highest BCUT2D eigenvalue weighted by Gasteiger charge is 2.18. The van der Waals surface area contributed by atoms with Gasteiger partial charge in [0.15, 0.2) is 0 Å². The molecule has 3 aromatic carbocycles. The van der Waals surface area contributed by atoms with Crippen LogP contribution in [0.1, 0.15) is 22.3 Å². The molecule has 8 nitrogen and oxygen atoms in total. The Morgan fingerprint density at radius 3 is 2.50 bits per heavy atom. The Bertz CT molecular complexity index is 1470. The van der Waals surface area contributed by atoms with Crippen molar-refractivity contribution in [3.05, 3.63) is 95.1 Å². The monoisotopic (exact) mass is 496 g/mol. The Balaban J connectivity index is 1.35. The number of hydrogen-bond acceptors (Lipinski definition) is 4. The highest BCUT2D eigenvalue weighted by atomic mass is 35.5. The first kappa shape index (κ1) is 23.3. The molecular weight excluding hydrogens is 476 g/mol. The minimum Gasteiger partial charge on any atom is -0.361 e. The smallest absolute Gasteiger partial charge is 0.269 e. The standard InChI is InChI=1S/C24H21ClN4O4S/c25-20-9-2-4-11-22(20)29-34(32,33)18-7-5-6-16(14-18)24(31)28-27-23(30)13-12-17-15-26-21-10-3-1-8-19(17)21/h1-11,14-15,26,29H,12-13H2,(H,27,30)(H,28,31). The number of rotatable bonds is 7. The predicted molar refractivity (Wildman–Crippen MR) is 131 cm³/mol. The van der Waals surface area contributed by atoms with Crippen molar-refractivity contribution in [3.8, 4) is 0 Å². The molecule has 1 aromatic heterocycles. The lowest BCUT2D eigenvalue weighted by Crippen LogP contribution is -2.41. The van der Waals surface area contributed by atoms with Crippen LogP contribution in [0.2, 0.25) is 5.02 Å². The minimum atomic E-state index is -3.98. The van der Waals surface area contributed by atoms with Gasteiger partial charge in [-0.15, -0.1) is 0 Å². The van der Waals surface area contributed by atoms with Gasteiger partial charge < -0.3 is 4.98 Å². The van der Waals surface area contributed by atoms with Crippen molar-refractivity contribution in [2.75, 3.05) is 4.72 Å². The van der Waals surface area contributed by atoms with E-state index in [1.807, 2.05) is 30.5 Å². The van der Waals surface area contributed by atoms with E-state index in [1.165, 1.54) is 30.3 Å². The van der Waals surface area contributed by atoms with Gasteiger partial charge in [-0.25, -0.2) is 8.42 Å². The highest BCUT2D eigenvalue weighted by molar-refractivity contribution is 7.92. The van der Waals surface area contributed by atoms with E-state index in [-0.39, 0.29) is 33.5 Å². The van der Waals surface area contributed by atoms with E-state index < -0.39 is 15.9 Å². The molecule has 0 aliphatic carbocycles. The molecule has 174 valence electrons. The van der Waals surface area contributed by atoms with Crippen molar-refractivity contribution in [1.29, 1.82) is 0 Å². The molecule has 0 aliphatic rings. The van der Waals surface area contributed by atoms with Gasteiger partial charge in [-0.1, -0.05) is 48.0 Å². The lowest BCUT2D eigenvalue weighted by Gasteiger charge is -2.11. The average molecular weight is 497 g/mol. The third-order valence-electron chi connectivity index (χ3n) is 5.14. The lowest BCUT2D eigenvalue weighted by atomic mass is 10.1. The number of fused-ring (bicyclic) bond motifs is 1. The zero-order valence-corrected chi connectivity index (χ0v) is 19.4. The number of aromatic nitrogens is 1. The second kappa shape index (κ2) is 9.98. The number of para-hydroxylation sites is 2. The molecule has 0 atom stereocenters. The largest absolute Gasteiger partial charge is 0.361 e. The van der Waals surface area contributed by atoms with Crippen LogP contribution in [0.25, 0.3) is 10.9 Å². The van der Waals surface area contributed by atoms with Crippen molar-refractivity contribution < 1.29 is 18.0 Å². The van der Waals surface area contributed by atoms with Crippen molar-refractivity contribution in [1.82, 2.24) is 15.8 Å². The second-order valence-corrected chi connectivity index (χ2v) is 9.56. The average Bonchev–Trinajstić information content (AvgIpc) is 3.26. The summed E-state index contributed by atoms with van der Waals surface area (Å²) in [6.07, 6.45) is 2.52. The molecule has 0 spiro atoms. The van der Waals surface area contributed by atoms with Gasteiger partial charge in [-0.2, -0.15) is 0 Å². The van der Waals surface area contributed by atoms with Gasteiger partial charge in [0, 0.05) is 29.1 Å². The summed E-state index contributed by atoms with van der Waals surface area (Å²) in [6.45, 7) is 0. The van der Waals surface area contributed by atoms with E-state index in [4.69, 9.17) is 11.6 Å². The molecule has 0 fully saturated rings. The summed E-state index contributed by atoms with van der Waals surface area (Å²) in [5.74, 6) is -1.02. The van der Waals surface area contributed by atoms with Gasteiger partial charge in [-0.3, -0.25) is 25.2 Å². The molecule has 0 saturated heterocycles. The molecule has 2 amide bonds. The quantitative estimate of drug-likeness (QED) is 0.289. The molecular formula is C24H21ClN4O4S. The summed E-state index contributed by atoms with van der Waals surface area (Å²) in [6, 6.07) is 19.7. The van der Waals surface area contributed by atoms with Gasteiger partial charge in [0.2, 0.25) is 5.91 Å². The fourth-order valence-electron chi connectivity index (χ4n) is 3.40. The fourth-order valence-corrected chi connectivity index (χ4v) is 4.76. The number of carbonyl (C=O) groups excluding carboxylic acids is 2. The number of anilines is 1. The van der Waals surface area contributed by atoms with Crippen LogP contribution < -0.4 is 15.6 Å². The number of aryl methyl sites for hydroxylation is 1. The number of sulfonamides is 1. The Hall–Kier alpha value is -3.82. The highest BCUT2D eigenvalue weighted by Crippen LogP contribution is 2.24. The number of amides is 2. The number of H-pyrrole nitrogens is 1. The van der Waals surface area contributed by atoms with Crippen LogP contribution >= 0.6 is 11.6 Å². The number of hydrazine groups is 1. The number of aromatic amines is 1.